The van der Waals surface area contributed by atoms with E-state index in [9.17, 15) is 0 Å². The predicted octanol–water partition coefficient (Wildman–Crippen LogP) is 2.50. The van der Waals surface area contributed by atoms with Crippen molar-refractivity contribution >= 4 is 11.6 Å². The lowest BCUT2D eigenvalue weighted by Crippen LogP contribution is -2.09. The number of hydrogen-bond donors (Lipinski definition) is 0. The van der Waals surface area contributed by atoms with E-state index in [1.165, 1.54) is 6.33 Å². The molecule has 1 heterocycles. The first-order valence-electron chi connectivity index (χ1n) is 5.49. The van der Waals surface area contributed by atoms with E-state index < -0.39 is 0 Å². The molecule has 0 aliphatic carbocycles. The van der Waals surface area contributed by atoms with Crippen molar-refractivity contribution in [3.8, 4) is 5.88 Å². The molecule has 0 atom stereocenters. The van der Waals surface area contributed by atoms with E-state index in [2.05, 4.69) is 16.9 Å². The molecule has 1 aromatic rings. The molecule has 0 aliphatic rings. The second-order valence-corrected chi connectivity index (χ2v) is 3.60. The van der Waals surface area contributed by atoms with Crippen LogP contribution in [0.25, 0.3) is 0 Å². The van der Waals surface area contributed by atoms with Gasteiger partial charge in [-0.05, 0) is 13.3 Å². The van der Waals surface area contributed by atoms with E-state index in [0.29, 0.717) is 30.9 Å². The average Bonchev–Trinajstić information content (AvgIpc) is 2.29. The topological polar surface area (TPSA) is 44.2 Å². The normalized spacial score (nSPS) is 10.4. The summed E-state index contributed by atoms with van der Waals surface area (Å²) in [6.07, 6.45) is 3.22. The summed E-state index contributed by atoms with van der Waals surface area (Å²) in [5.41, 5.74) is 0.878. The third kappa shape index (κ3) is 3.94. The molecule has 0 N–H and O–H groups in total. The molecule has 1 aromatic heterocycles. The van der Waals surface area contributed by atoms with Gasteiger partial charge in [-0.25, -0.2) is 9.97 Å². The number of hydrogen-bond acceptors (Lipinski definition) is 4. The highest BCUT2D eigenvalue weighted by atomic mass is 35.5. The van der Waals surface area contributed by atoms with Gasteiger partial charge in [0, 0.05) is 6.61 Å². The maximum absolute atomic E-state index is 5.99. The first-order chi connectivity index (χ1) is 7.79. The number of halogens is 1. The standard InChI is InChI=1S/C11H17ClN2O2/c1-3-5-9-10(12)13-8-14-11(9)16-7-6-15-4-2/h8H,3-7H2,1-2H3. The van der Waals surface area contributed by atoms with Crippen LogP contribution in [0.1, 0.15) is 25.8 Å². The van der Waals surface area contributed by atoms with Gasteiger partial charge in [0.2, 0.25) is 5.88 Å². The lowest BCUT2D eigenvalue weighted by atomic mass is 10.2. The minimum absolute atomic E-state index is 0.475. The highest BCUT2D eigenvalue weighted by Gasteiger charge is 2.09. The van der Waals surface area contributed by atoms with Crippen LogP contribution in [0.5, 0.6) is 5.88 Å². The first kappa shape index (κ1) is 13.2. The van der Waals surface area contributed by atoms with Crippen molar-refractivity contribution in [2.24, 2.45) is 0 Å². The van der Waals surface area contributed by atoms with Gasteiger partial charge < -0.3 is 9.47 Å². The Bertz CT molecular complexity index is 321. The van der Waals surface area contributed by atoms with Crippen LogP contribution in [-0.2, 0) is 11.2 Å². The number of aromatic nitrogens is 2. The highest BCUT2D eigenvalue weighted by molar-refractivity contribution is 6.30. The second-order valence-electron chi connectivity index (χ2n) is 3.24. The second kappa shape index (κ2) is 7.41. The van der Waals surface area contributed by atoms with E-state index in [4.69, 9.17) is 21.1 Å². The quantitative estimate of drug-likeness (QED) is 0.546. The van der Waals surface area contributed by atoms with Gasteiger partial charge in [0.1, 0.15) is 18.1 Å². The summed E-state index contributed by atoms with van der Waals surface area (Å²) in [5.74, 6) is 0.571. The zero-order valence-electron chi connectivity index (χ0n) is 9.70. The van der Waals surface area contributed by atoms with E-state index >= 15 is 0 Å². The Morgan fingerprint density at radius 2 is 2.06 bits per heavy atom. The molecule has 0 aromatic carbocycles. The molecule has 4 nitrogen and oxygen atoms in total. The fourth-order valence-electron chi connectivity index (χ4n) is 1.30. The molecule has 5 heteroatoms. The molecule has 0 bridgehead atoms. The summed E-state index contributed by atoms with van der Waals surface area (Å²) >= 11 is 5.99. The van der Waals surface area contributed by atoms with Crippen LogP contribution in [0, 0.1) is 0 Å². The predicted molar refractivity (Wildman–Crippen MR) is 63.0 cm³/mol. The summed E-state index contributed by atoms with van der Waals surface area (Å²) in [5, 5.41) is 0.475. The summed E-state index contributed by atoms with van der Waals surface area (Å²) in [4.78, 5) is 8.03. The monoisotopic (exact) mass is 244 g/mol. The molecule has 0 aliphatic heterocycles. The average molecular weight is 245 g/mol. The van der Waals surface area contributed by atoms with Crippen molar-refractivity contribution in [3.05, 3.63) is 17.0 Å². The van der Waals surface area contributed by atoms with Crippen LogP contribution in [0.15, 0.2) is 6.33 Å². The number of nitrogens with zero attached hydrogens (tertiary/aromatic N) is 2. The van der Waals surface area contributed by atoms with Gasteiger partial charge >= 0.3 is 0 Å². The minimum Gasteiger partial charge on any atom is -0.475 e. The summed E-state index contributed by atoms with van der Waals surface area (Å²) < 4.78 is 10.7. The largest absolute Gasteiger partial charge is 0.475 e. The van der Waals surface area contributed by atoms with Crippen molar-refractivity contribution in [1.29, 1.82) is 0 Å². The molecule has 16 heavy (non-hydrogen) atoms. The van der Waals surface area contributed by atoms with Crippen molar-refractivity contribution < 1.29 is 9.47 Å². The Kier molecular flexibility index (Phi) is 6.11. The third-order valence-electron chi connectivity index (χ3n) is 2.02. The summed E-state index contributed by atoms with van der Waals surface area (Å²) in [6.45, 7) is 5.76. The lowest BCUT2D eigenvalue weighted by molar-refractivity contribution is 0.108. The summed E-state index contributed by atoms with van der Waals surface area (Å²) in [7, 11) is 0. The van der Waals surface area contributed by atoms with E-state index in [1.54, 1.807) is 0 Å². The van der Waals surface area contributed by atoms with Gasteiger partial charge in [0.25, 0.3) is 0 Å². The molecule has 0 fully saturated rings. The van der Waals surface area contributed by atoms with E-state index in [1.807, 2.05) is 6.92 Å². The SMILES string of the molecule is CCCc1c(Cl)ncnc1OCCOCC. The maximum Gasteiger partial charge on any atom is 0.221 e. The fraction of sp³-hybridized carbons (Fsp3) is 0.636. The van der Waals surface area contributed by atoms with Gasteiger partial charge in [-0.15, -0.1) is 0 Å². The minimum atomic E-state index is 0.475. The van der Waals surface area contributed by atoms with Crippen LogP contribution >= 0.6 is 11.6 Å². The molecule has 0 saturated heterocycles. The van der Waals surface area contributed by atoms with Gasteiger partial charge in [-0.3, -0.25) is 0 Å². The number of ether oxygens (including phenoxy) is 2. The Hall–Kier alpha value is -0.870. The van der Waals surface area contributed by atoms with Crippen LogP contribution in [0.2, 0.25) is 5.15 Å². The van der Waals surface area contributed by atoms with Crippen LogP contribution < -0.4 is 4.74 Å². The summed E-state index contributed by atoms with van der Waals surface area (Å²) in [6, 6.07) is 0. The fourth-order valence-corrected chi connectivity index (χ4v) is 1.52. The molecule has 1 rings (SSSR count). The van der Waals surface area contributed by atoms with Crippen LogP contribution in [0.4, 0.5) is 0 Å². The Morgan fingerprint density at radius 1 is 1.25 bits per heavy atom. The van der Waals surface area contributed by atoms with Gasteiger partial charge in [-0.1, -0.05) is 24.9 Å². The molecule has 0 saturated carbocycles. The lowest BCUT2D eigenvalue weighted by Gasteiger charge is -2.10. The van der Waals surface area contributed by atoms with Crippen molar-refractivity contribution in [2.75, 3.05) is 19.8 Å². The van der Waals surface area contributed by atoms with E-state index in [0.717, 1.165) is 18.4 Å². The number of rotatable bonds is 7. The van der Waals surface area contributed by atoms with Crippen molar-refractivity contribution in [3.63, 3.8) is 0 Å². The van der Waals surface area contributed by atoms with E-state index in [-0.39, 0.29) is 0 Å². The van der Waals surface area contributed by atoms with Gasteiger partial charge in [0.05, 0.1) is 12.2 Å². The zero-order chi connectivity index (χ0) is 11.8. The molecular weight excluding hydrogens is 228 g/mol. The van der Waals surface area contributed by atoms with Gasteiger partial charge in [0.15, 0.2) is 0 Å². The molecule has 90 valence electrons. The molecular formula is C11H17ClN2O2. The Labute approximate surface area is 101 Å². The molecule has 0 amide bonds. The smallest absolute Gasteiger partial charge is 0.221 e. The Morgan fingerprint density at radius 3 is 2.75 bits per heavy atom. The molecule has 0 unspecified atom stereocenters. The van der Waals surface area contributed by atoms with Crippen LogP contribution in [-0.4, -0.2) is 29.8 Å². The maximum atomic E-state index is 5.99. The Balaban J connectivity index is 2.59. The first-order valence-corrected chi connectivity index (χ1v) is 5.87. The van der Waals surface area contributed by atoms with Crippen LogP contribution in [0.3, 0.4) is 0 Å². The third-order valence-corrected chi connectivity index (χ3v) is 2.35. The highest BCUT2D eigenvalue weighted by Crippen LogP contribution is 2.23. The van der Waals surface area contributed by atoms with Crippen molar-refractivity contribution in [2.45, 2.75) is 26.7 Å². The molecule has 0 spiro atoms. The molecule has 0 radical (unpaired) electrons. The van der Waals surface area contributed by atoms with Crippen molar-refractivity contribution in [1.82, 2.24) is 9.97 Å². The van der Waals surface area contributed by atoms with Gasteiger partial charge in [-0.2, -0.15) is 0 Å². The zero-order valence-corrected chi connectivity index (χ0v) is 10.5.